The number of aryl methyl sites for hydroxylation is 2. The standard InChI is InChI=1S/C10H12BrN5O/c1-3-6-7(4-16(2)15-6)14-9-8(11)10(17)13-5-12-9/h4-5H,3H2,1-2H3,(H2,12,13,14,17). The summed E-state index contributed by atoms with van der Waals surface area (Å²) in [6, 6.07) is 0. The smallest absolute Gasteiger partial charge is 0.267 e. The number of hydrogen-bond donors (Lipinski definition) is 2. The van der Waals surface area contributed by atoms with E-state index >= 15 is 0 Å². The number of aromatic amines is 1. The molecular formula is C10H12BrN5O. The summed E-state index contributed by atoms with van der Waals surface area (Å²) in [5, 5.41) is 7.39. The largest absolute Gasteiger partial charge is 0.336 e. The van der Waals surface area contributed by atoms with Gasteiger partial charge in [0.05, 0.1) is 17.7 Å². The van der Waals surface area contributed by atoms with Crippen molar-refractivity contribution in [1.82, 2.24) is 19.7 Å². The Kier molecular flexibility index (Phi) is 3.28. The first kappa shape index (κ1) is 11.8. The molecule has 0 fully saturated rings. The lowest BCUT2D eigenvalue weighted by molar-refractivity contribution is 0.746. The maximum Gasteiger partial charge on any atom is 0.267 e. The molecule has 0 spiro atoms. The molecule has 0 saturated heterocycles. The first-order valence-electron chi connectivity index (χ1n) is 5.14. The Balaban J connectivity index is 2.37. The van der Waals surface area contributed by atoms with Crippen LogP contribution in [0.1, 0.15) is 12.6 Å². The molecule has 17 heavy (non-hydrogen) atoms. The summed E-state index contributed by atoms with van der Waals surface area (Å²) in [6.07, 6.45) is 4.02. The van der Waals surface area contributed by atoms with Crippen LogP contribution in [0.5, 0.6) is 0 Å². The summed E-state index contributed by atoms with van der Waals surface area (Å²) in [6.45, 7) is 2.02. The molecule has 0 aliphatic heterocycles. The summed E-state index contributed by atoms with van der Waals surface area (Å²) in [5.74, 6) is 0.483. The van der Waals surface area contributed by atoms with E-state index in [-0.39, 0.29) is 5.56 Å². The summed E-state index contributed by atoms with van der Waals surface area (Å²) >= 11 is 3.19. The Morgan fingerprint density at radius 1 is 1.59 bits per heavy atom. The zero-order valence-electron chi connectivity index (χ0n) is 9.49. The number of nitrogens with zero attached hydrogens (tertiary/aromatic N) is 3. The van der Waals surface area contributed by atoms with Crippen molar-refractivity contribution in [1.29, 1.82) is 0 Å². The van der Waals surface area contributed by atoms with Gasteiger partial charge in [0, 0.05) is 13.2 Å². The van der Waals surface area contributed by atoms with Gasteiger partial charge in [-0.2, -0.15) is 5.10 Å². The molecule has 0 aliphatic rings. The molecule has 0 radical (unpaired) electrons. The molecule has 2 aromatic rings. The second-order valence-electron chi connectivity index (χ2n) is 3.54. The first-order valence-corrected chi connectivity index (χ1v) is 5.93. The van der Waals surface area contributed by atoms with Crippen LogP contribution in [0.15, 0.2) is 21.8 Å². The van der Waals surface area contributed by atoms with E-state index in [4.69, 9.17) is 0 Å². The predicted octanol–water partition coefficient (Wildman–Crippen LogP) is 1.57. The summed E-state index contributed by atoms with van der Waals surface area (Å²) in [5.41, 5.74) is 1.57. The number of anilines is 2. The number of nitrogens with one attached hydrogen (secondary N) is 2. The lowest BCUT2D eigenvalue weighted by Crippen LogP contribution is -2.10. The normalized spacial score (nSPS) is 10.5. The van der Waals surface area contributed by atoms with Gasteiger partial charge >= 0.3 is 0 Å². The highest BCUT2D eigenvalue weighted by atomic mass is 79.9. The fourth-order valence-corrected chi connectivity index (χ4v) is 1.81. The van der Waals surface area contributed by atoms with Crippen molar-refractivity contribution in [2.75, 3.05) is 5.32 Å². The fourth-order valence-electron chi connectivity index (χ4n) is 1.50. The van der Waals surface area contributed by atoms with Crippen LogP contribution in [0.3, 0.4) is 0 Å². The van der Waals surface area contributed by atoms with Crippen LogP contribution in [0.25, 0.3) is 0 Å². The molecule has 0 saturated carbocycles. The zero-order chi connectivity index (χ0) is 12.4. The molecule has 90 valence electrons. The first-order chi connectivity index (χ1) is 8.11. The third kappa shape index (κ3) is 2.38. The van der Waals surface area contributed by atoms with Crippen LogP contribution in [0.4, 0.5) is 11.5 Å². The number of halogens is 1. The van der Waals surface area contributed by atoms with Crippen LogP contribution in [0.2, 0.25) is 0 Å². The van der Waals surface area contributed by atoms with Gasteiger partial charge in [0.15, 0.2) is 5.82 Å². The van der Waals surface area contributed by atoms with Gasteiger partial charge in [-0.3, -0.25) is 9.48 Å². The molecule has 0 unspecified atom stereocenters. The molecule has 2 rings (SSSR count). The van der Waals surface area contributed by atoms with Crippen molar-refractivity contribution in [3.63, 3.8) is 0 Å². The van der Waals surface area contributed by atoms with Crippen molar-refractivity contribution in [2.24, 2.45) is 7.05 Å². The lowest BCUT2D eigenvalue weighted by atomic mass is 10.3. The molecule has 2 aromatic heterocycles. The van der Waals surface area contributed by atoms with Gasteiger partial charge < -0.3 is 10.3 Å². The lowest BCUT2D eigenvalue weighted by Gasteiger charge is -2.05. The Labute approximate surface area is 106 Å². The zero-order valence-corrected chi connectivity index (χ0v) is 11.1. The number of hydrogen-bond acceptors (Lipinski definition) is 4. The fraction of sp³-hybridized carbons (Fsp3) is 0.300. The second-order valence-corrected chi connectivity index (χ2v) is 4.33. The van der Waals surface area contributed by atoms with Crippen molar-refractivity contribution in [2.45, 2.75) is 13.3 Å². The van der Waals surface area contributed by atoms with Gasteiger partial charge in [0.1, 0.15) is 4.47 Å². The third-order valence-corrected chi connectivity index (χ3v) is 3.03. The van der Waals surface area contributed by atoms with Crippen LogP contribution in [0, 0.1) is 0 Å². The average molecular weight is 298 g/mol. The van der Waals surface area contributed by atoms with Crippen molar-refractivity contribution in [3.05, 3.63) is 33.0 Å². The molecule has 6 nitrogen and oxygen atoms in total. The molecule has 0 atom stereocenters. The van der Waals surface area contributed by atoms with E-state index in [9.17, 15) is 4.79 Å². The summed E-state index contributed by atoms with van der Waals surface area (Å²) in [7, 11) is 1.85. The minimum absolute atomic E-state index is 0.218. The number of H-pyrrole nitrogens is 1. The quantitative estimate of drug-likeness (QED) is 0.902. The van der Waals surface area contributed by atoms with Crippen LogP contribution >= 0.6 is 15.9 Å². The monoisotopic (exact) mass is 297 g/mol. The van der Waals surface area contributed by atoms with E-state index in [0.29, 0.717) is 10.3 Å². The molecule has 0 bridgehead atoms. The Morgan fingerprint density at radius 2 is 2.35 bits per heavy atom. The van der Waals surface area contributed by atoms with E-state index in [1.807, 2.05) is 20.2 Å². The average Bonchev–Trinajstić information content (AvgIpc) is 2.65. The van der Waals surface area contributed by atoms with E-state index in [0.717, 1.165) is 17.8 Å². The molecular weight excluding hydrogens is 286 g/mol. The van der Waals surface area contributed by atoms with Crippen LogP contribution < -0.4 is 10.9 Å². The van der Waals surface area contributed by atoms with Crippen molar-refractivity contribution in [3.8, 4) is 0 Å². The molecule has 0 aromatic carbocycles. The van der Waals surface area contributed by atoms with Gasteiger partial charge in [-0.15, -0.1) is 0 Å². The van der Waals surface area contributed by atoms with Crippen LogP contribution in [-0.4, -0.2) is 19.7 Å². The molecule has 0 aliphatic carbocycles. The van der Waals surface area contributed by atoms with E-state index in [1.165, 1.54) is 6.33 Å². The molecule has 0 amide bonds. The maximum atomic E-state index is 11.4. The molecule has 2 N–H and O–H groups in total. The third-order valence-electron chi connectivity index (χ3n) is 2.29. The minimum atomic E-state index is -0.218. The van der Waals surface area contributed by atoms with Crippen molar-refractivity contribution < 1.29 is 0 Å². The Hall–Kier alpha value is -1.63. The molecule has 2 heterocycles. The maximum absolute atomic E-state index is 11.4. The van der Waals surface area contributed by atoms with Gasteiger partial charge in [-0.05, 0) is 22.4 Å². The highest BCUT2D eigenvalue weighted by Crippen LogP contribution is 2.22. The van der Waals surface area contributed by atoms with Gasteiger partial charge in [-0.1, -0.05) is 6.92 Å². The topological polar surface area (TPSA) is 75.6 Å². The number of rotatable bonds is 3. The van der Waals surface area contributed by atoms with Gasteiger partial charge in [-0.25, -0.2) is 4.98 Å². The van der Waals surface area contributed by atoms with Gasteiger partial charge in [0.25, 0.3) is 5.56 Å². The van der Waals surface area contributed by atoms with E-state index < -0.39 is 0 Å². The summed E-state index contributed by atoms with van der Waals surface area (Å²) in [4.78, 5) is 17.9. The van der Waals surface area contributed by atoms with Crippen molar-refractivity contribution >= 4 is 27.4 Å². The number of aromatic nitrogens is 4. The van der Waals surface area contributed by atoms with E-state index in [2.05, 4.69) is 36.3 Å². The van der Waals surface area contributed by atoms with Gasteiger partial charge in [0.2, 0.25) is 0 Å². The Morgan fingerprint density at radius 3 is 3.06 bits per heavy atom. The highest BCUT2D eigenvalue weighted by Gasteiger charge is 2.10. The minimum Gasteiger partial charge on any atom is -0.336 e. The highest BCUT2D eigenvalue weighted by molar-refractivity contribution is 9.10. The molecule has 7 heteroatoms. The SMILES string of the molecule is CCc1nn(C)cc1Nc1nc[nH]c(=O)c1Br. The predicted molar refractivity (Wildman–Crippen MR) is 68.4 cm³/mol. The Bertz CT molecular complexity index is 589. The van der Waals surface area contributed by atoms with Crippen LogP contribution in [-0.2, 0) is 13.5 Å². The second kappa shape index (κ2) is 4.70. The summed E-state index contributed by atoms with van der Waals surface area (Å²) < 4.78 is 2.10. The van der Waals surface area contributed by atoms with E-state index in [1.54, 1.807) is 4.68 Å².